The predicted molar refractivity (Wildman–Crippen MR) is 137 cm³/mol. The Bertz CT molecular complexity index is 1520. The molecule has 3 aromatic rings. The van der Waals surface area contributed by atoms with Crippen LogP contribution in [0.25, 0.3) is 10.9 Å². The Balaban J connectivity index is 1.24. The van der Waals surface area contributed by atoms with Crippen LogP contribution in [0.5, 0.6) is 11.5 Å². The zero-order valence-electron chi connectivity index (χ0n) is 20.3. The van der Waals surface area contributed by atoms with Crippen LogP contribution >= 0.6 is 0 Å². The van der Waals surface area contributed by atoms with Gasteiger partial charge in [-0.25, -0.2) is 0 Å². The third-order valence-corrected chi connectivity index (χ3v) is 9.60. The van der Waals surface area contributed by atoms with Crippen LogP contribution in [-0.4, -0.2) is 61.9 Å². The summed E-state index contributed by atoms with van der Waals surface area (Å²) in [6, 6.07) is 10.9. The average molecular weight is 500 g/mol. The molecule has 0 unspecified atom stereocenters. The monoisotopic (exact) mass is 499 g/mol. The summed E-state index contributed by atoms with van der Waals surface area (Å²) in [5.41, 5.74) is 1.35. The van der Waals surface area contributed by atoms with E-state index in [1.54, 1.807) is 6.07 Å². The molecule has 1 saturated heterocycles. The number of aliphatic hydroxyl groups excluding tert-OH is 1. The van der Waals surface area contributed by atoms with Crippen molar-refractivity contribution < 1.29 is 24.9 Å². The van der Waals surface area contributed by atoms with Crippen LogP contribution in [0.3, 0.4) is 0 Å². The van der Waals surface area contributed by atoms with Crippen LogP contribution in [-0.2, 0) is 16.6 Å². The Morgan fingerprint density at radius 2 is 2.05 bits per heavy atom. The van der Waals surface area contributed by atoms with Crippen molar-refractivity contribution in [3.05, 3.63) is 65.1 Å². The maximum absolute atomic E-state index is 13.6. The van der Waals surface area contributed by atoms with Gasteiger partial charge in [0.05, 0.1) is 16.6 Å². The number of ether oxygens (including phenoxy) is 1. The first-order valence-electron chi connectivity index (χ1n) is 13.2. The Morgan fingerprint density at radius 1 is 1.19 bits per heavy atom. The van der Waals surface area contributed by atoms with Gasteiger partial charge in [-0.2, -0.15) is 0 Å². The number of aliphatic hydroxyl groups is 2. The largest absolute Gasteiger partial charge is 0.508 e. The molecule has 8 nitrogen and oxygen atoms in total. The number of piperidine rings is 1. The molecule has 5 aliphatic rings. The number of carbonyl (C=O) groups excluding carboxylic acids is 1. The predicted octanol–water partition coefficient (Wildman–Crippen LogP) is 3.50. The molecule has 3 aliphatic carbocycles. The summed E-state index contributed by atoms with van der Waals surface area (Å²) in [4.78, 5) is 19.2. The topological polar surface area (TPSA) is 118 Å². The molecule has 2 bridgehead atoms. The zero-order chi connectivity index (χ0) is 25.1. The second kappa shape index (κ2) is 7.08. The van der Waals surface area contributed by atoms with Crippen molar-refractivity contribution in [1.82, 2.24) is 9.88 Å². The second-order valence-corrected chi connectivity index (χ2v) is 11.5. The number of carbonyl (C=O) groups is 1. The molecule has 2 aromatic carbocycles. The SMILES string of the molecule is O=C(Nc1ccc2[nH]ccc2c1)C1=C(O)[C@@H]2Oc3c(O)ccc4c3[C@@]23CCN(CC2CC2)[C@H](C4)[C@]3(O)C1. The van der Waals surface area contributed by atoms with Crippen molar-refractivity contribution >= 4 is 22.5 Å². The number of phenols is 1. The van der Waals surface area contributed by atoms with Gasteiger partial charge in [0.2, 0.25) is 0 Å². The minimum Gasteiger partial charge on any atom is -0.508 e. The molecule has 5 N–H and O–H groups in total. The molecule has 0 radical (unpaired) electrons. The van der Waals surface area contributed by atoms with Gasteiger partial charge in [-0.05, 0) is 74.0 Å². The van der Waals surface area contributed by atoms with E-state index in [-0.39, 0.29) is 29.5 Å². The lowest BCUT2D eigenvalue weighted by Gasteiger charge is -2.62. The summed E-state index contributed by atoms with van der Waals surface area (Å²) in [6.45, 7) is 1.71. The molecule has 190 valence electrons. The van der Waals surface area contributed by atoms with E-state index in [1.807, 2.05) is 36.5 Å². The number of fused-ring (bicyclic) bond motifs is 1. The van der Waals surface area contributed by atoms with Crippen LogP contribution in [0.1, 0.15) is 36.8 Å². The fourth-order valence-electron chi connectivity index (χ4n) is 7.71. The molecule has 3 heterocycles. The van der Waals surface area contributed by atoms with Crippen molar-refractivity contribution in [2.45, 2.75) is 55.3 Å². The summed E-state index contributed by atoms with van der Waals surface area (Å²) in [5, 5.41) is 38.8. The summed E-state index contributed by atoms with van der Waals surface area (Å²) < 4.78 is 6.27. The molecule has 1 spiro atoms. The van der Waals surface area contributed by atoms with E-state index in [4.69, 9.17) is 4.74 Å². The summed E-state index contributed by atoms with van der Waals surface area (Å²) in [5.74, 6) is 0.395. The quantitative estimate of drug-likeness (QED) is 0.375. The fraction of sp³-hybridized carbons (Fsp3) is 0.414. The second-order valence-electron chi connectivity index (χ2n) is 11.5. The molecular formula is C29H29N3O5. The minimum absolute atomic E-state index is 0.00217. The molecule has 8 heteroatoms. The molecule has 8 rings (SSSR count). The van der Waals surface area contributed by atoms with Crippen molar-refractivity contribution in [3.8, 4) is 11.5 Å². The Kier molecular flexibility index (Phi) is 4.13. The molecule has 1 aromatic heterocycles. The zero-order valence-corrected chi connectivity index (χ0v) is 20.3. The lowest BCUT2D eigenvalue weighted by atomic mass is 9.49. The first kappa shape index (κ1) is 21.6. The first-order valence-corrected chi connectivity index (χ1v) is 13.2. The molecular weight excluding hydrogens is 470 g/mol. The van der Waals surface area contributed by atoms with Gasteiger partial charge < -0.3 is 30.4 Å². The van der Waals surface area contributed by atoms with Gasteiger partial charge in [-0.15, -0.1) is 0 Å². The van der Waals surface area contributed by atoms with E-state index in [1.165, 1.54) is 12.8 Å². The van der Waals surface area contributed by atoms with Crippen LogP contribution in [0.2, 0.25) is 0 Å². The number of aromatic hydroxyl groups is 1. The van der Waals surface area contributed by atoms with Gasteiger partial charge >= 0.3 is 0 Å². The first-order chi connectivity index (χ1) is 17.9. The maximum Gasteiger partial charge on any atom is 0.255 e. The van der Waals surface area contributed by atoms with E-state index >= 15 is 0 Å². The Labute approximate surface area is 213 Å². The van der Waals surface area contributed by atoms with E-state index in [9.17, 15) is 20.1 Å². The number of amides is 1. The summed E-state index contributed by atoms with van der Waals surface area (Å²) >= 11 is 0. The summed E-state index contributed by atoms with van der Waals surface area (Å²) in [6.07, 6.45) is 4.58. The van der Waals surface area contributed by atoms with Crippen molar-refractivity contribution in [2.24, 2.45) is 5.92 Å². The van der Waals surface area contributed by atoms with Crippen molar-refractivity contribution in [1.29, 1.82) is 0 Å². The highest BCUT2D eigenvalue weighted by Crippen LogP contribution is 2.66. The highest BCUT2D eigenvalue weighted by Gasteiger charge is 2.73. The standard InChI is InChI=1S/C29H29N3O5/c33-21-6-3-17-12-22-29(36)13-19(27(35)31-18-4-5-20-16(11-18)7-9-30-20)24(34)26-28(29,23(17)25(21)37-26)8-10-32(22)14-15-1-2-15/h3-7,9,11,15,22,26,30,33-34,36H,1-2,8,10,12-14H2,(H,31,35)/t22-,26+,28+,29-/m1/s1. The molecule has 1 amide bonds. The van der Waals surface area contributed by atoms with E-state index in [0.29, 0.717) is 30.2 Å². The van der Waals surface area contributed by atoms with Crippen LogP contribution in [0.4, 0.5) is 5.69 Å². The van der Waals surface area contributed by atoms with Gasteiger partial charge in [0, 0.05) is 47.4 Å². The van der Waals surface area contributed by atoms with Gasteiger partial charge in [0.25, 0.3) is 5.91 Å². The number of nitrogens with one attached hydrogen (secondary N) is 2. The van der Waals surface area contributed by atoms with E-state index < -0.39 is 23.0 Å². The lowest BCUT2D eigenvalue weighted by Crippen LogP contribution is -2.75. The number of H-pyrrole nitrogens is 1. The fourth-order valence-corrected chi connectivity index (χ4v) is 7.71. The number of rotatable bonds is 4. The molecule has 1 saturated carbocycles. The van der Waals surface area contributed by atoms with Crippen LogP contribution in [0, 0.1) is 5.92 Å². The highest BCUT2D eigenvalue weighted by atomic mass is 16.5. The normalized spacial score (nSPS) is 31.8. The van der Waals surface area contributed by atoms with Gasteiger partial charge in [-0.3, -0.25) is 9.69 Å². The lowest BCUT2D eigenvalue weighted by molar-refractivity contribution is -0.172. The van der Waals surface area contributed by atoms with E-state index in [2.05, 4.69) is 15.2 Å². The summed E-state index contributed by atoms with van der Waals surface area (Å²) in [7, 11) is 0. The molecule has 37 heavy (non-hydrogen) atoms. The molecule has 4 atom stereocenters. The van der Waals surface area contributed by atoms with Crippen LogP contribution < -0.4 is 10.1 Å². The number of phenolic OH excluding ortho intramolecular Hbond substituents is 1. The molecule has 2 aliphatic heterocycles. The highest BCUT2D eigenvalue weighted by molar-refractivity contribution is 6.05. The number of aromatic nitrogens is 1. The third kappa shape index (κ3) is 2.72. The van der Waals surface area contributed by atoms with E-state index in [0.717, 1.165) is 35.1 Å². The molecule has 2 fully saturated rings. The Hall–Kier alpha value is -3.49. The number of aromatic amines is 1. The van der Waals surface area contributed by atoms with Crippen LogP contribution in [0.15, 0.2) is 53.9 Å². The minimum atomic E-state index is -1.32. The van der Waals surface area contributed by atoms with Crippen molar-refractivity contribution in [2.75, 3.05) is 18.4 Å². The number of hydrogen-bond donors (Lipinski definition) is 5. The Morgan fingerprint density at radius 3 is 2.89 bits per heavy atom. The van der Waals surface area contributed by atoms with Gasteiger partial charge in [-0.1, -0.05) is 6.07 Å². The van der Waals surface area contributed by atoms with Gasteiger partial charge in [0.1, 0.15) is 5.76 Å². The average Bonchev–Trinajstić information content (AvgIpc) is 3.43. The number of hydrogen-bond acceptors (Lipinski definition) is 6. The number of nitrogens with zero attached hydrogens (tertiary/aromatic N) is 1. The maximum atomic E-state index is 13.6. The van der Waals surface area contributed by atoms with Crippen molar-refractivity contribution in [3.63, 3.8) is 0 Å². The number of benzene rings is 2. The third-order valence-electron chi connectivity index (χ3n) is 9.60. The number of anilines is 1. The number of likely N-dealkylation sites (tertiary alicyclic amines) is 1. The van der Waals surface area contributed by atoms with Gasteiger partial charge in [0.15, 0.2) is 17.6 Å². The smallest absolute Gasteiger partial charge is 0.255 e.